The summed E-state index contributed by atoms with van der Waals surface area (Å²) in [6, 6.07) is 9.46. The van der Waals surface area contributed by atoms with Crippen LogP contribution < -0.4 is 10.7 Å². The molecular formula is C17H14BrN5O6. The predicted octanol–water partition coefficient (Wildman–Crippen LogP) is 3.40. The Morgan fingerprint density at radius 3 is 2.10 bits per heavy atom. The minimum Gasteiger partial charge on any atom is -0.326 e. The van der Waals surface area contributed by atoms with Crippen LogP contribution in [0.15, 0.2) is 52.0 Å². The molecular weight excluding hydrogens is 450 g/mol. The molecule has 2 aromatic rings. The minimum atomic E-state index is -0.885. The lowest BCUT2D eigenvalue weighted by Gasteiger charge is -2.06. The number of anilines is 1. The topological polar surface area (TPSA) is 157 Å². The van der Waals surface area contributed by atoms with Gasteiger partial charge in [-0.1, -0.05) is 15.9 Å². The second kappa shape index (κ2) is 9.50. The molecule has 0 aliphatic carbocycles. The van der Waals surface area contributed by atoms with Crippen LogP contribution in [0.4, 0.5) is 17.1 Å². The Hall–Kier alpha value is -3.67. The maximum atomic E-state index is 12.1. The molecule has 0 aromatic heterocycles. The number of nitrogens with one attached hydrogen (secondary N) is 2. The molecule has 2 N–H and O–H groups in total. The van der Waals surface area contributed by atoms with Crippen molar-refractivity contribution in [1.29, 1.82) is 0 Å². The summed E-state index contributed by atoms with van der Waals surface area (Å²) in [5, 5.41) is 28.2. The summed E-state index contributed by atoms with van der Waals surface area (Å²) in [5.41, 5.74) is 1.46. The Balaban J connectivity index is 2.03. The van der Waals surface area contributed by atoms with Crippen molar-refractivity contribution in [2.45, 2.75) is 13.3 Å². The highest BCUT2D eigenvalue weighted by Crippen LogP contribution is 2.22. The SMILES string of the molecule is C/C(CC(=O)Nc1ccc(Br)cc1)=N/NC(=O)c1cc([N+](=O)[O-])cc([N+](=O)[O-])c1. The van der Waals surface area contributed by atoms with E-state index < -0.39 is 27.1 Å². The molecule has 0 saturated carbocycles. The lowest BCUT2D eigenvalue weighted by molar-refractivity contribution is -0.394. The molecule has 0 saturated heterocycles. The number of nitro benzene ring substituents is 2. The second-order valence-corrected chi connectivity index (χ2v) is 6.69. The normalized spacial score (nSPS) is 10.9. The smallest absolute Gasteiger partial charge is 0.277 e. The summed E-state index contributed by atoms with van der Waals surface area (Å²) >= 11 is 3.28. The Morgan fingerprint density at radius 1 is 1.03 bits per heavy atom. The first-order valence-corrected chi connectivity index (χ1v) is 8.78. The third-order valence-corrected chi connectivity index (χ3v) is 4.01. The summed E-state index contributed by atoms with van der Waals surface area (Å²) in [5.74, 6) is -1.25. The number of non-ortho nitro benzene ring substituents is 2. The maximum Gasteiger partial charge on any atom is 0.277 e. The van der Waals surface area contributed by atoms with Gasteiger partial charge in [0.15, 0.2) is 0 Å². The first-order valence-electron chi connectivity index (χ1n) is 7.98. The minimum absolute atomic E-state index is 0.120. The van der Waals surface area contributed by atoms with E-state index in [-0.39, 0.29) is 23.6 Å². The van der Waals surface area contributed by atoms with E-state index in [0.29, 0.717) is 5.69 Å². The summed E-state index contributed by atoms with van der Waals surface area (Å²) in [6.07, 6.45) is -0.120. The monoisotopic (exact) mass is 463 g/mol. The number of nitro groups is 2. The molecule has 2 aromatic carbocycles. The van der Waals surface area contributed by atoms with E-state index in [0.717, 1.165) is 22.7 Å². The molecule has 0 unspecified atom stereocenters. The third-order valence-electron chi connectivity index (χ3n) is 3.48. The number of rotatable bonds is 7. The zero-order chi connectivity index (χ0) is 21.6. The van der Waals surface area contributed by atoms with Gasteiger partial charge < -0.3 is 5.32 Å². The summed E-state index contributed by atoms with van der Waals surface area (Å²) in [6.45, 7) is 1.50. The van der Waals surface area contributed by atoms with Gasteiger partial charge in [-0.3, -0.25) is 29.8 Å². The number of carbonyl (C=O) groups is 2. The fourth-order valence-electron chi connectivity index (χ4n) is 2.16. The highest BCUT2D eigenvalue weighted by atomic mass is 79.9. The van der Waals surface area contributed by atoms with Crippen LogP contribution in [0, 0.1) is 20.2 Å². The molecule has 0 aliphatic rings. The molecule has 12 heteroatoms. The fourth-order valence-corrected chi connectivity index (χ4v) is 2.42. The number of hydrazone groups is 1. The van der Waals surface area contributed by atoms with Crippen LogP contribution in [0.3, 0.4) is 0 Å². The number of amides is 2. The number of hydrogen-bond acceptors (Lipinski definition) is 7. The number of nitrogens with zero attached hydrogens (tertiary/aromatic N) is 3. The lowest BCUT2D eigenvalue weighted by atomic mass is 10.1. The van der Waals surface area contributed by atoms with Crippen LogP contribution in [0.5, 0.6) is 0 Å². The van der Waals surface area contributed by atoms with E-state index in [1.807, 2.05) is 0 Å². The van der Waals surface area contributed by atoms with Gasteiger partial charge in [-0.2, -0.15) is 5.10 Å². The van der Waals surface area contributed by atoms with E-state index in [9.17, 15) is 29.8 Å². The van der Waals surface area contributed by atoms with Gasteiger partial charge in [0.25, 0.3) is 17.3 Å². The first-order chi connectivity index (χ1) is 13.7. The standard InChI is InChI=1S/C17H14BrN5O6/c1-10(6-16(24)19-13-4-2-12(18)3-5-13)20-21-17(25)11-7-14(22(26)27)9-15(8-11)23(28)29/h2-5,7-9H,6H2,1H3,(H,19,24)(H,21,25)/b20-10-. The van der Waals surface area contributed by atoms with Gasteiger partial charge in [0.2, 0.25) is 5.91 Å². The summed E-state index contributed by atoms with van der Waals surface area (Å²) in [7, 11) is 0. The zero-order valence-corrected chi connectivity index (χ0v) is 16.5. The predicted molar refractivity (Wildman–Crippen MR) is 108 cm³/mol. The van der Waals surface area contributed by atoms with Crippen molar-refractivity contribution in [3.63, 3.8) is 0 Å². The molecule has 0 heterocycles. The summed E-state index contributed by atoms with van der Waals surface area (Å²) < 4.78 is 0.859. The van der Waals surface area contributed by atoms with Crippen LogP contribution in [0.2, 0.25) is 0 Å². The van der Waals surface area contributed by atoms with Gasteiger partial charge in [-0.05, 0) is 31.2 Å². The van der Waals surface area contributed by atoms with E-state index >= 15 is 0 Å². The van der Waals surface area contributed by atoms with E-state index in [4.69, 9.17) is 0 Å². The highest BCUT2D eigenvalue weighted by Gasteiger charge is 2.19. The maximum absolute atomic E-state index is 12.1. The lowest BCUT2D eigenvalue weighted by Crippen LogP contribution is -2.21. The average molecular weight is 464 g/mol. The van der Waals surface area contributed by atoms with Crippen LogP contribution >= 0.6 is 15.9 Å². The van der Waals surface area contributed by atoms with Crippen LogP contribution in [0.1, 0.15) is 23.7 Å². The Kier molecular flexibility index (Phi) is 7.09. The third kappa shape index (κ3) is 6.46. The molecule has 2 amide bonds. The molecule has 0 atom stereocenters. The summed E-state index contributed by atoms with van der Waals surface area (Å²) in [4.78, 5) is 44.2. The van der Waals surface area contributed by atoms with Crippen LogP contribution in [-0.4, -0.2) is 27.4 Å². The fraction of sp³-hybridized carbons (Fsp3) is 0.118. The van der Waals surface area contributed by atoms with Crippen molar-refractivity contribution in [3.8, 4) is 0 Å². The molecule has 150 valence electrons. The molecule has 2 rings (SSSR count). The first kappa shape index (κ1) is 21.6. The number of carbonyl (C=O) groups excluding carboxylic acids is 2. The van der Waals surface area contributed by atoms with E-state index in [2.05, 4.69) is 31.8 Å². The average Bonchev–Trinajstić information content (AvgIpc) is 2.67. The van der Waals surface area contributed by atoms with Crippen molar-refractivity contribution in [3.05, 3.63) is 72.7 Å². The van der Waals surface area contributed by atoms with Gasteiger partial charge >= 0.3 is 0 Å². The Morgan fingerprint density at radius 2 is 1.59 bits per heavy atom. The van der Waals surface area contributed by atoms with Crippen molar-refractivity contribution in [2.75, 3.05) is 5.32 Å². The molecule has 0 fully saturated rings. The molecule has 11 nitrogen and oxygen atoms in total. The quantitative estimate of drug-likeness (QED) is 0.363. The van der Waals surface area contributed by atoms with Gasteiger partial charge in [0, 0.05) is 28.0 Å². The van der Waals surface area contributed by atoms with Gasteiger partial charge in [0.05, 0.1) is 27.9 Å². The number of halogens is 1. The van der Waals surface area contributed by atoms with Crippen LogP contribution in [0.25, 0.3) is 0 Å². The molecule has 0 spiro atoms. The largest absolute Gasteiger partial charge is 0.326 e. The van der Waals surface area contributed by atoms with E-state index in [1.54, 1.807) is 24.3 Å². The zero-order valence-electron chi connectivity index (χ0n) is 14.9. The highest BCUT2D eigenvalue weighted by molar-refractivity contribution is 9.10. The molecule has 0 aliphatic heterocycles. The van der Waals surface area contributed by atoms with Crippen molar-refractivity contribution in [2.24, 2.45) is 5.10 Å². The molecule has 0 bridgehead atoms. The Bertz CT molecular complexity index is 974. The number of benzene rings is 2. The molecule has 29 heavy (non-hydrogen) atoms. The second-order valence-electron chi connectivity index (χ2n) is 5.77. The van der Waals surface area contributed by atoms with E-state index in [1.165, 1.54) is 6.92 Å². The Labute approximate surface area is 172 Å². The van der Waals surface area contributed by atoms with Gasteiger partial charge in [-0.25, -0.2) is 5.43 Å². The molecule has 0 radical (unpaired) electrons. The van der Waals surface area contributed by atoms with Gasteiger partial charge in [-0.15, -0.1) is 0 Å². The van der Waals surface area contributed by atoms with Crippen molar-refractivity contribution < 1.29 is 19.4 Å². The van der Waals surface area contributed by atoms with Crippen molar-refractivity contribution >= 4 is 50.5 Å². The van der Waals surface area contributed by atoms with Gasteiger partial charge in [0.1, 0.15) is 0 Å². The van der Waals surface area contributed by atoms with Crippen molar-refractivity contribution in [1.82, 2.24) is 5.43 Å². The van der Waals surface area contributed by atoms with Crippen LogP contribution in [-0.2, 0) is 4.79 Å². The number of hydrogen-bond donors (Lipinski definition) is 2.